The molecule has 0 aliphatic rings. The first-order chi connectivity index (χ1) is 14.5. The molecule has 3 aromatic rings. The number of aromatic nitrogens is 2. The Morgan fingerprint density at radius 3 is 2.43 bits per heavy atom. The molecule has 158 valence electrons. The van der Waals surface area contributed by atoms with Gasteiger partial charge in [0.1, 0.15) is 12.4 Å². The van der Waals surface area contributed by atoms with Gasteiger partial charge in [0.25, 0.3) is 5.56 Å². The Kier molecular flexibility index (Phi) is 7.36. The molecule has 1 amide bonds. The summed E-state index contributed by atoms with van der Waals surface area (Å²) < 4.78 is 1.45. The summed E-state index contributed by atoms with van der Waals surface area (Å²) in [5, 5.41) is 3.56. The van der Waals surface area contributed by atoms with E-state index in [1.54, 1.807) is 13.0 Å². The van der Waals surface area contributed by atoms with Crippen LogP contribution >= 0.6 is 0 Å². The zero-order valence-corrected chi connectivity index (χ0v) is 18.0. The molecular weight excluding hydrogens is 376 g/mol. The van der Waals surface area contributed by atoms with Gasteiger partial charge in [0, 0.05) is 12.6 Å². The first kappa shape index (κ1) is 21.7. The molecule has 1 aromatic heterocycles. The number of nitrogens with zero attached hydrogens (tertiary/aromatic N) is 3. The minimum Gasteiger partial charge on any atom is -0.353 e. The molecule has 0 saturated heterocycles. The number of para-hydroxylation sites is 1. The van der Waals surface area contributed by atoms with Crippen LogP contribution in [0.3, 0.4) is 0 Å². The van der Waals surface area contributed by atoms with Crippen molar-refractivity contribution in [2.75, 3.05) is 19.6 Å². The molecule has 6 nitrogen and oxygen atoms in total. The molecule has 1 heterocycles. The van der Waals surface area contributed by atoms with Crippen molar-refractivity contribution >= 4 is 16.8 Å². The molecule has 30 heavy (non-hydrogen) atoms. The smallest absolute Gasteiger partial charge is 0.261 e. The minimum absolute atomic E-state index is 0.0290. The zero-order valence-electron chi connectivity index (χ0n) is 18.0. The highest BCUT2D eigenvalue weighted by Gasteiger charge is 2.18. The quantitative estimate of drug-likeness (QED) is 0.593. The Morgan fingerprint density at radius 2 is 1.73 bits per heavy atom. The molecule has 0 radical (unpaired) electrons. The average Bonchev–Trinajstić information content (AvgIpc) is 2.76. The fourth-order valence-electron chi connectivity index (χ4n) is 3.85. The molecule has 1 unspecified atom stereocenters. The van der Waals surface area contributed by atoms with Gasteiger partial charge in [0.15, 0.2) is 0 Å². The van der Waals surface area contributed by atoms with Crippen molar-refractivity contribution in [3.63, 3.8) is 0 Å². The standard InChI is InChI=1S/C24H30N4O2/c1-4-27(5-2)20(15-19-11-7-6-8-12-19)16-25-23(29)17-28-18(3)26-22-14-10-9-13-21(22)24(28)30/h6-14,20H,4-5,15-17H2,1-3H3,(H,25,29). The van der Waals surface area contributed by atoms with Crippen molar-refractivity contribution in [1.82, 2.24) is 19.8 Å². The lowest BCUT2D eigenvalue weighted by molar-refractivity contribution is -0.122. The second kappa shape index (κ2) is 10.2. The largest absolute Gasteiger partial charge is 0.353 e. The summed E-state index contributed by atoms with van der Waals surface area (Å²) in [5.41, 5.74) is 1.72. The average molecular weight is 407 g/mol. The van der Waals surface area contributed by atoms with E-state index in [9.17, 15) is 9.59 Å². The van der Waals surface area contributed by atoms with Crippen molar-refractivity contribution < 1.29 is 4.79 Å². The van der Waals surface area contributed by atoms with Gasteiger partial charge in [-0.3, -0.25) is 19.1 Å². The zero-order chi connectivity index (χ0) is 21.5. The Bertz CT molecular complexity index is 1040. The van der Waals surface area contributed by atoms with Gasteiger partial charge >= 0.3 is 0 Å². The first-order valence-corrected chi connectivity index (χ1v) is 10.5. The summed E-state index contributed by atoms with van der Waals surface area (Å²) >= 11 is 0. The minimum atomic E-state index is -0.183. The fourth-order valence-corrected chi connectivity index (χ4v) is 3.85. The Labute approximate surface area is 177 Å². The summed E-state index contributed by atoms with van der Waals surface area (Å²) in [7, 11) is 0. The SMILES string of the molecule is CCN(CC)C(CNC(=O)Cn1c(C)nc2ccccc2c1=O)Cc1ccccc1. The predicted octanol–water partition coefficient (Wildman–Crippen LogP) is 2.77. The number of rotatable bonds is 9. The fraction of sp³-hybridized carbons (Fsp3) is 0.375. The highest BCUT2D eigenvalue weighted by molar-refractivity contribution is 5.79. The monoisotopic (exact) mass is 406 g/mol. The van der Waals surface area contributed by atoms with Crippen LogP contribution in [-0.2, 0) is 17.8 Å². The van der Waals surface area contributed by atoms with Crippen LogP contribution in [0.2, 0.25) is 0 Å². The van der Waals surface area contributed by atoms with Crippen molar-refractivity contribution in [3.05, 3.63) is 76.3 Å². The lowest BCUT2D eigenvalue weighted by atomic mass is 10.0. The highest BCUT2D eigenvalue weighted by Crippen LogP contribution is 2.09. The number of fused-ring (bicyclic) bond motifs is 1. The summed E-state index contributed by atoms with van der Waals surface area (Å²) in [6.07, 6.45) is 0.860. The molecule has 0 aliphatic heterocycles. The topological polar surface area (TPSA) is 67.2 Å². The lowest BCUT2D eigenvalue weighted by Crippen LogP contribution is -2.46. The van der Waals surface area contributed by atoms with E-state index in [0.717, 1.165) is 19.5 Å². The van der Waals surface area contributed by atoms with Gasteiger partial charge in [-0.05, 0) is 44.1 Å². The van der Waals surface area contributed by atoms with Gasteiger partial charge in [-0.1, -0.05) is 56.3 Å². The number of aryl methyl sites for hydroxylation is 1. The van der Waals surface area contributed by atoms with Crippen molar-refractivity contribution in [1.29, 1.82) is 0 Å². The maximum atomic E-state index is 12.8. The van der Waals surface area contributed by atoms with E-state index in [2.05, 4.69) is 41.2 Å². The normalized spacial score (nSPS) is 12.3. The molecule has 2 aromatic carbocycles. The maximum absolute atomic E-state index is 12.8. The van der Waals surface area contributed by atoms with Crippen LogP contribution in [0.5, 0.6) is 0 Å². The highest BCUT2D eigenvalue weighted by atomic mass is 16.2. The summed E-state index contributed by atoms with van der Waals surface area (Å²) in [6, 6.07) is 17.7. The molecule has 1 atom stereocenters. The first-order valence-electron chi connectivity index (χ1n) is 10.5. The second-order valence-corrected chi connectivity index (χ2v) is 7.44. The molecular formula is C24H30N4O2. The molecule has 1 N–H and O–H groups in total. The third-order valence-electron chi connectivity index (χ3n) is 5.53. The van der Waals surface area contributed by atoms with Gasteiger partial charge in [0.05, 0.1) is 10.9 Å². The van der Waals surface area contributed by atoms with Crippen molar-refractivity contribution in [2.24, 2.45) is 0 Å². The van der Waals surface area contributed by atoms with Crippen LogP contribution in [0.25, 0.3) is 10.9 Å². The number of benzene rings is 2. The van der Waals surface area contributed by atoms with Crippen LogP contribution in [0.4, 0.5) is 0 Å². The molecule has 3 rings (SSSR count). The summed E-state index contributed by atoms with van der Waals surface area (Å²) in [6.45, 7) is 8.35. The maximum Gasteiger partial charge on any atom is 0.261 e. The van der Waals surface area contributed by atoms with Gasteiger partial charge in [-0.25, -0.2) is 4.98 Å². The lowest BCUT2D eigenvalue weighted by Gasteiger charge is -2.30. The number of carbonyl (C=O) groups is 1. The molecule has 0 saturated carbocycles. The van der Waals surface area contributed by atoms with Crippen LogP contribution in [-0.4, -0.2) is 46.0 Å². The van der Waals surface area contributed by atoms with Gasteiger partial charge in [-0.2, -0.15) is 0 Å². The molecule has 0 aliphatic carbocycles. The van der Waals surface area contributed by atoms with E-state index in [-0.39, 0.29) is 24.1 Å². The van der Waals surface area contributed by atoms with E-state index >= 15 is 0 Å². The van der Waals surface area contributed by atoms with Gasteiger partial charge in [-0.15, -0.1) is 0 Å². The van der Waals surface area contributed by atoms with Crippen LogP contribution in [0.1, 0.15) is 25.2 Å². The summed E-state index contributed by atoms with van der Waals surface area (Å²) in [5.74, 6) is 0.362. The second-order valence-electron chi connectivity index (χ2n) is 7.44. The number of nitrogens with one attached hydrogen (secondary N) is 1. The van der Waals surface area contributed by atoms with E-state index < -0.39 is 0 Å². The number of hydrogen-bond acceptors (Lipinski definition) is 4. The molecule has 0 bridgehead atoms. The van der Waals surface area contributed by atoms with Gasteiger partial charge in [0.2, 0.25) is 5.91 Å². The number of carbonyl (C=O) groups excluding carboxylic acids is 1. The van der Waals surface area contributed by atoms with Crippen LogP contribution in [0.15, 0.2) is 59.4 Å². The third-order valence-corrected chi connectivity index (χ3v) is 5.53. The van der Waals surface area contributed by atoms with Crippen LogP contribution < -0.4 is 10.9 Å². The summed E-state index contributed by atoms with van der Waals surface area (Å²) in [4.78, 5) is 32.3. The van der Waals surface area contributed by atoms with E-state index in [4.69, 9.17) is 0 Å². The Balaban J connectivity index is 1.71. The van der Waals surface area contributed by atoms with Crippen LogP contribution in [0, 0.1) is 6.92 Å². The van der Waals surface area contributed by atoms with Gasteiger partial charge < -0.3 is 5.32 Å². The van der Waals surface area contributed by atoms with E-state index in [0.29, 0.717) is 23.3 Å². The van der Waals surface area contributed by atoms with E-state index in [1.807, 2.05) is 36.4 Å². The predicted molar refractivity (Wildman–Crippen MR) is 121 cm³/mol. The molecule has 0 spiro atoms. The Hall–Kier alpha value is -2.99. The number of amides is 1. The third kappa shape index (κ3) is 5.13. The molecule has 6 heteroatoms. The molecule has 0 fully saturated rings. The number of likely N-dealkylation sites (N-methyl/N-ethyl adjacent to an activating group) is 1. The van der Waals surface area contributed by atoms with Crippen molar-refractivity contribution in [3.8, 4) is 0 Å². The Morgan fingerprint density at radius 1 is 1.07 bits per heavy atom. The van der Waals surface area contributed by atoms with E-state index in [1.165, 1.54) is 10.1 Å². The number of hydrogen-bond donors (Lipinski definition) is 1. The van der Waals surface area contributed by atoms with Crippen molar-refractivity contribution in [2.45, 2.75) is 39.8 Å².